The van der Waals surface area contributed by atoms with Gasteiger partial charge >= 0.3 is 0 Å². The van der Waals surface area contributed by atoms with Crippen molar-refractivity contribution in [1.82, 2.24) is 19.4 Å². The van der Waals surface area contributed by atoms with Crippen molar-refractivity contribution in [2.75, 3.05) is 75.3 Å². The zero-order valence-corrected chi connectivity index (χ0v) is 18.7. The average molecular weight is 447 g/mol. The van der Waals surface area contributed by atoms with Crippen molar-refractivity contribution in [3.63, 3.8) is 0 Å². The maximum atomic E-state index is 12.9. The number of aryl methyl sites for hydroxylation is 1. The Labute approximate surface area is 183 Å². The van der Waals surface area contributed by atoms with E-state index in [1.54, 1.807) is 22.5 Å². The van der Waals surface area contributed by atoms with E-state index in [2.05, 4.69) is 24.9 Å². The Kier molecular flexibility index (Phi) is 6.71. The van der Waals surface area contributed by atoms with Gasteiger partial charge in [0.25, 0.3) is 0 Å². The number of piperazine rings is 2. The molecule has 1 N–H and O–H groups in total. The van der Waals surface area contributed by atoms with Gasteiger partial charge in [-0.2, -0.15) is 4.31 Å². The zero-order valence-electron chi connectivity index (χ0n) is 17.9. The smallest absolute Gasteiger partial charge is 0.243 e. The van der Waals surface area contributed by atoms with E-state index in [1.165, 1.54) is 0 Å². The number of rotatable bonds is 6. The van der Waals surface area contributed by atoms with Crippen molar-refractivity contribution in [3.05, 3.63) is 42.0 Å². The Balaban J connectivity index is 1.34. The van der Waals surface area contributed by atoms with Crippen molar-refractivity contribution in [2.45, 2.75) is 11.8 Å². The summed E-state index contributed by atoms with van der Waals surface area (Å²) >= 11 is 0. The van der Waals surface area contributed by atoms with Crippen LogP contribution < -0.4 is 9.80 Å². The molecule has 0 atom stereocenters. The van der Waals surface area contributed by atoms with Crippen molar-refractivity contribution in [1.29, 1.82) is 0 Å². The summed E-state index contributed by atoms with van der Waals surface area (Å²) in [7, 11) is -3.48. The number of sulfonamides is 1. The summed E-state index contributed by atoms with van der Waals surface area (Å²) in [5, 5.41) is 17.9. The summed E-state index contributed by atoms with van der Waals surface area (Å²) in [5.74, 6) is 1.63. The van der Waals surface area contributed by atoms with Crippen LogP contribution in [0.25, 0.3) is 0 Å². The molecule has 2 aliphatic rings. The fraction of sp³-hybridized carbons (Fsp3) is 0.524. The van der Waals surface area contributed by atoms with Crippen LogP contribution in [-0.2, 0) is 10.0 Å². The minimum atomic E-state index is -3.48. The minimum Gasteiger partial charge on any atom is -0.395 e. The highest BCUT2D eigenvalue weighted by atomic mass is 32.2. The van der Waals surface area contributed by atoms with E-state index in [0.717, 1.165) is 43.4 Å². The van der Waals surface area contributed by atoms with E-state index in [-0.39, 0.29) is 6.61 Å². The van der Waals surface area contributed by atoms with Gasteiger partial charge in [0.2, 0.25) is 10.0 Å². The van der Waals surface area contributed by atoms with Gasteiger partial charge < -0.3 is 14.9 Å². The van der Waals surface area contributed by atoms with Gasteiger partial charge in [-0.3, -0.25) is 4.90 Å². The number of aliphatic hydroxyl groups is 1. The molecule has 9 nitrogen and oxygen atoms in total. The molecule has 1 aromatic carbocycles. The maximum Gasteiger partial charge on any atom is 0.243 e. The second kappa shape index (κ2) is 9.47. The van der Waals surface area contributed by atoms with Crippen LogP contribution in [0.1, 0.15) is 5.56 Å². The fourth-order valence-electron chi connectivity index (χ4n) is 4.08. The van der Waals surface area contributed by atoms with Crippen LogP contribution in [-0.4, -0.2) is 98.4 Å². The predicted octanol–water partition coefficient (Wildman–Crippen LogP) is 0.410. The van der Waals surface area contributed by atoms with E-state index in [0.29, 0.717) is 37.6 Å². The molecule has 0 bridgehead atoms. The standard InChI is InChI=1S/C21H30N6O3S/c1-18-3-2-4-19(17-18)31(29,30)27-13-11-26(12-14-27)21-6-5-20(22-23-21)25-9-7-24(8-10-25)15-16-28/h2-6,17,28H,7-16H2,1H3. The number of benzene rings is 1. The van der Waals surface area contributed by atoms with Gasteiger partial charge in [0, 0.05) is 58.9 Å². The third-order valence-corrected chi connectivity index (χ3v) is 7.83. The van der Waals surface area contributed by atoms with Crippen molar-refractivity contribution >= 4 is 21.7 Å². The van der Waals surface area contributed by atoms with Gasteiger partial charge in [-0.25, -0.2) is 8.42 Å². The molecule has 0 aliphatic carbocycles. The fourth-order valence-corrected chi connectivity index (χ4v) is 5.61. The quantitative estimate of drug-likeness (QED) is 0.682. The third-order valence-electron chi connectivity index (χ3n) is 5.94. The highest BCUT2D eigenvalue weighted by Gasteiger charge is 2.29. The Morgan fingerprint density at radius 1 is 0.871 bits per heavy atom. The van der Waals surface area contributed by atoms with Gasteiger partial charge in [0.15, 0.2) is 11.6 Å². The summed E-state index contributed by atoms with van der Waals surface area (Å²) in [6.07, 6.45) is 0. The van der Waals surface area contributed by atoms with Gasteiger partial charge in [-0.05, 0) is 36.8 Å². The molecular formula is C21H30N6O3S. The lowest BCUT2D eigenvalue weighted by Crippen LogP contribution is -2.49. The summed E-state index contributed by atoms with van der Waals surface area (Å²) in [6, 6.07) is 11.0. The normalized spacial score (nSPS) is 19.0. The molecule has 1 aromatic heterocycles. The summed E-state index contributed by atoms with van der Waals surface area (Å²) in [4.78, 5) is 6.88. The molecule has 0 saturated carbocycles. The number of anilines is 2. The maximum absolute atomic E-state index is 12.9. The van der Waals surface area contributed by atoms with Crippen LogP contribution in [0.15, 0.2) is 41.3 Å². The molecule has 31 heavy (non-hydrogen) atoms. The Bertz CT molecular complexity index is 969. The molecule has 3 heterocycles. The second-order valence-corrected chi connectivity index (χ2v) is 9.95. The largest absolute Gasteiger partial charge is 0.395 e. The van der Waals surface area contributed by atoms with Crippen LogP contribution in [0.4, 0.5) is 11.6 Å². The SMILES string of the molecule is Cc1cccc(S(=O)(=O)N2CCN(c3ccc(N4CCN(CCO)CC4)nn3)CC2)c1. The summed E-state index contributed by atoms with van der Waals surface area (Å²) < 4.78 is 27.4. The lowest BCUT2D eigenvalue weighted by Gasteiger charge is -2.36. The van der Waals surface area contributed by atoms with Gasteiger partial charge in [0.05, 0.1) is 11.5 Å². The molecule has 4 rings (SSSR count). The molecule has 0 spiro atoms. The highest BCUT2D eigenvalue weighted by molar-refractivity contribution is 7.89. The zero-order chi connectivity index (χ0) is 21.8. The molecule has 2 aliphatic heterocycles. The van der Waals surface area contributed by atoms with E-state index in [9.17, 15) is 8.42 Å². The highest BCUT2D eigenvalue weighted by Crippen LogP contribution is 2.22. The number of nitrogens with zero attached hydrogens (tertiary/aromatic N) is 6. The van der Waals surface area contributed by atoms with Crippen LogP contribution in [0.2, 0.25) is 0 Å². The van der Waals surface area contributed by atoms with Crippen molar-refractivity contribution < 1.29 is 13.5 Å². The molecule has 0 unspecified atom stereocenters. The van der Waals surface area contributed by atoms with E-state index in [4.69, 9.17) is 5.11 Å². The summed E-state index contributed by atoms with van der Waals surface area (Å²) in [6.45, 7) is 8.35. The van der Waals surface area contributed by atoms with Crippen molar-refractivity contribution in [2.24, 2.45) is 0 Å². The lowest BCUT2D eigenvalue weighted by atomic mass is 10.2. The molecule has 2 fully saturated rings. The monoisotopic (exact) mass is 446 g/mol. The van der Waals surface area contributed by atoms with Crippen LogP contribution in [0.5, 0.6) is 0 Å². The number of hydrogen-bond donors (Lipinski definition) is 1. The van der Waals surface area contributed by atoms with Gasteiger partial charge in [0.1, 0.15) is 0 Å². The van der Waals surface area contributed by atoms with Crippen molar-refractivity contribution in [3.8, 4) is 0 Å². The second-order valence-electron chi connectivity index (χ2n) is 8.01. The Morgan fingerprint density at radius 2 is 1.45 bits per heavy atom. The molecule has 10 heteroatoms. The third kappa shape index (κ3) is 4.98. The van der Waals surface area contributed by atoms with Crippen LogP contribution in [0.3, 0.4) is 0 Å². The number of aliphatic hydroxyl groups excluding tert-OH is 1. The lowest BCUT2D eigenvalue weighted by molar-refractivity contribution is 0.188. The first-order chi connectivity index (χ1) is 15.0. The number of aromatic nitrogens is 2. The summed E-state index contributed by atoms with van der Waals surface area (Å²) in [5.41, 5.74) is 0.935. The van der Waals surface area contributed by atoms with Crippen LogP contribution in [0, 0.1) is 6.92 Å². The average Bonchev–Trinajstić information content (AvgIpc) is 2.80. The van der Waals surface area contributed by atoms with Crippen LogP contribution >= 0.6 is 0 Å². The first-order valence-electron chi connectivity index (χ1n) is 10.7. The molecule has 168 valence electrons. The topological polar surface area (TPSA) is 93.1 Å². The van der Waals surface area contributed by atoms with E-state index >= 15 is 0 Å². The van der Waals surface area contributed by atoms with E-state index < -0.39 is 10.0 Å². The minimum absolute atomic E-state index is 0.189. The molecular weight excluding hydrogens is 416 g/mol. The predicted molar refractivity (Wildman–Crippen MR) is 120 cm³/mol. The Morgan fingerprint density at radius 3 is 1.97 bits per heavy atom. The van der Waals surface area contributed by atoms with Gasteiger partial charge in [-0.1, -0.05) is 12.1 Å². The number of β-amino-alcohol motifs (C(OH)–C–C–N with tert-alkyl or cyclic N) is 1. The number of hydrogen-bond acceptors (Lipinski definition) is 8. The first kappa shape index (κ1) is 21.9. The molecule has 2 aromatic rings. The molecule has 2 saturated heterocycles. The van der Waals surface area contributed by atoms with E-state index in [1.807, 2.05) is 25.1 Å². The molecule has 0 amide bonds. The molecule has 0 radical (unpaired) electrons. The van der Waals surface area contributed by atoms with Gasteiger partial charge in [-0.15, -0.1) is 10.2 Å². The first-order valence-corrected chi connectivity index (χ1v) is 12.1. The Hall–Kier alpha value is -2.27.